The molecule has 2 aliphatic heterocycles. The standard InChI is InChI=1S/C16H18FN3O3/c1-10-13(15(21)20-6-8-23-9-7-20)14(19-16(22)18-10)11-4-2-3-5-12(11)17/h2-5,13-14H,1,6-9H2,(H2,18,19,22)/t13-,14+/m1/s1. The predicted octanol–water partition coefficient (Wildman–Crippen LogP) is 1.17. The summed E-state index contributed by atoms with van der Waals surface area (Å²) < 4.78 is 19.4. The minimum atomic E-state index is -0.784. The highest BCUT2D eigenvalue weighted by Crippen LogP contribution is 2.32. The van der Waals surface area contributed by atoms with Gasteiger partial charge >= 0.3 is 6.03 Å². The Bertz CT molecular complexity index is 643. The SMILES string of the molecule is C=C1NC(=O)N[C@@H](c2ccccc2F)[C@@H]1C(=O)N1CCOCC1. The molecule has 1 aromatic rings. The van der Waals surface area contributed by atoms with Crippen LogP contribution < -0.4 is 10.6 Å². The minimum Gasteiger partial charge on any atom is -0.378 e. The highest BCUT2D eigenvalue weighted by atomic mass is 19.1. The second-order valence-electron chi connectivity index (χ2n) is 5.54. The summed E-state index contributed by atoms with van der Waals surface area (Å²) in [6, 6.07) is 4.84. The summed E-state index contributed by atoms with van der Waals surface area (Å²) in [6.07, 6.45) is 0. The quantitative estimate of drug-likeness (QED) is 0.859. The van der Waals surface area contributed by atoms with Gasteiger partial charge in [-0.15, -0.1) is 0 Å². The van der Waals surface area contributed by atoms with E-state index in [0.717, 1.165) is 0 Å². The van der Waals surface area contributed by atoms with Crippen LogP contribution in [0.25, 0.3) is 0 Å². The van der Waals surface area contributed by atoms with Crippen molar-refractivity contribution in [3.8, 4) is 0 Å². The van der Waals surface area contributed by atoms with Gasteiger partial charge in [0, 0.05) is 24.4 Å². The molecule has 2 aliphatic rings. The zero-order valence-corrected chi connectivity index (χ0v) is 12.5. The van der Waals surface area contributed by atoms with E-state index in [1.54, 1.807) is 23.1 Å². The number of rotatable bonds is 2. The number of carbonyl (C=O) groups is 2. The molecule has 0 radical (unpaired) electrons. The van der Waals surface area contributed by atoms with Crippen LogP contribution in [-0.2, 0) is 9.53 Å². The Morgan fingerprint density at radius 1 is 1.30 bits per heavy atom. The fourth-order valence-corrected chi connectivity index (χ4v) is 2.94. The zero-order valence-electron chi connectivity index (χ0n) is 12.5. The number of urea groups is 1. The number of hydrogen-bond donors (Lipinski definition) is 2. The van der Waals surface area contributed by atoms with E-state index in [-0.39, 0.29) is 17.2 Å². The molecule has 23 heavy (non-hydrogen) atoms. The Kier molecular flexibility index (Phi) is 4.29. The molecule has 6 nitrogen and oxygen atoms in total. The highest BCUT2D eigenvalue weighted by molar-refractivity contribution is 5.88. The van der Waals surface area contributed by atoms with Crippen LogP contribution in [0.4, 0.5) is 9.18 Å². The molecule has 122 valence electrons. The van der Waals surface area contributed by atoms with Crippen LogP contribution >= 0.6 is 0 Å². The fourth-order valence-electron chi connectivity index (χ4n) is 2.94. The first-order valence-electron chi connectivity index (χ1n) is 7.45. The molecule has 3 rings (SSSR count). The van der Waals surface area contributed by atoms with Crippen molar-refractivity contribution in [2.45, 2.75) is 6.04 Å². The highest BCUT2D eigenvalue weighted by Gasteiger charge is 2.41. The van der Waals surface area contributed by atoms with Gasteiger partial charge in [-0.25, -0.2) is 9.18 Å². The van der Waals surface area contributed by atoms with E-state index in [0.29, 0.717) is 26.3 Å². The molecule has 3 amide bonds. The lowest BCUT2D eigenvalue weighted by atomic mass is 9.87. The lowest BCUT2D eigenvalue weighted by Crippen LogP contribution is -2.55. The molecule has 2 N–H and O–H groups in total. The van der Waals surface area contributed by atoms with Crippen molar-refractivity contribution in [3.05, 3.63) is 47.9 Å². The van der Waals surface area contributed by atoms with E-state index in [2.05, 4.69) is 17.2 Å². The molecular weight excluding hydrogens is 301 g/mol. The van der Waals surface area contributed by atoms with Crippen molar-refractivity contribution in [2.24, 2.45) is 5.92 Å². The molecule has 0 unspecified atom stereocenters. The van der Waals surface area contributed by atoms with E-state index < -0.39 is 23.8 Å². The van der Waals surface area contributed by atoms with Gasteiger partial charge in [0.2, 0.25) is 5.91 Å². The normalized spacial score (nSPS) is 24.8. The van der Waals surface area contributed by atoms with Crippen molar-refractivity contribution >= 4 is 11.9 Å². The van der Waals surface area contributed by atoms with Crippen LogP contribution in [0.1, 0.15) is 11.6 Å². The van der Waals surface area contributed by atoms with Crippen LogP contribution in [0, 0.1) is 11.7 Å². The number of nitrogens with one attached hydrogen (secondary N) is 2. The van der Waals surface area contributed by atoms with Gasteiger partial charge < -0.3 is 20.3 Å². The lowest BCUT2D eigenvalue weighted by Gasteiger charge is -2.38. The average molecular weight is 319 g/mol. The van der Waals surface area contributed by atoms with Crippen molar-refractivity contribution in [1.82, 2.24) is 15.5 Å². The maximum absolute atomic E-state index is 14.2. The third-order valence-corrected chi connectivity index (χ3v) is 4.10. The molecule has 0 aliphatic carbocycles. The van der Waals surface area contributed by atoms with Gasteiger partial charge in [0.15, 0.2) is 0 Å². The molecule has 2 fully saturated rings. The fraction of sp³-hybridized carbons (Fsp3) is 0.375. The minimum absolute atomic E-state index is 0.195. The first-order chi connectivity index (χ1) is 11.1. The predicted molar refractivity (Wildman–Crippen MR) is 80.8 cm³/mol. The molecule has 1 aromatic carbocycles. The van der Waals surface area contributed by atoms with Crippen LogP contribution in [0.5, 0.6) is 0 Å². The summed E-state index contributed by atoms with van der Waals surface area (Å²) in [6.45, 7) is 5.67. The smallest absolute Gasteiger partial charge is 0.319 e. The Hall–Kier alpha value is -2.41. The van der Waals surface area contributed by atoms with Gasteiger partial charge in [0.05, 0.1) is 19.3 Å². The summed E-state index contributed by atoms with van der Waals surface area (Å²) >= 11 is 0. The number of morpholine rings is 1. The Balaban J connectivity index is 1.93. The van der Waals surface area contributed by atoms with Crippen LogP contribution in [-0.4, -0.2) is 43.1 Å². The van der Waals surface area contributed by atoms with E-state index in [9.17, 15) is 14.0 Å². The van der Waals surface area contributed by atoms with E-state index >= 15 is 0 Å². The number of hydrogen-bond acceptors (Lipinski definition) is 3. The van der Waals surface area contributed by atoms with Gasteiger partial charge in [-0.3, -0.25) is 4.79 Å². The average Bonchev–Trinajstić information content (AvgIpc) is 2.55. The molecule has 0 saturated carbocycles. The summed E-state index contributed by atoms with van der Waals surface area (Å²) in [5.41, 5.74) is 0.550. The van der Waals surface area contributed by atoms with E-state index in [1.807, 2.05) is 0 Å². The molecular formula is C16H18FN3O3. The van der Waals surface area contributed by atoms with Crippen LogP contribution in [0.2, 0.25) is 0 Å². The first kappa shape index (κ1) is 15.5. The topological polar surface area (TPSA) is 70.7 Å². The van der Waals surface area contributed by atoms with Crippen LogP contribution in [0.15, 0.2) is 36.5 Å². The van der Waals surface area contributed by atoms with E-state index in [4.69, 9.17) is 4.74 Å². The van der Waals surface area contributed by atoms with Crippen molar-refractivity contribution in [1.29, 1.82) is 0 Å². The Morgan fingerprint density at radius 3 is 2.70 bits per heavy atom. The number of benzene rings is 1. The molecule has 0 bridgehead atoms. The second-order valence-corrected chi connectivity index (χ2v) is 5.54. The second kappa shape index (κ2) is 6.37. The number of ether oxygens (including phenoxy) is 1. The van der Waals surface area contributed by atoms with Gasteiger partial charge in [0.1, 0.15) is 11.7 Å². The molecule has 0 aromatic heterocycles. The number of halogens is 1. The van der Waals surface area contributed by atoms with Crippen molar-refractivity contribution in [3.63, 3.8) is 0 Å². The van der Waals surface area contributed by atoms with Gasteiger partial charge in [-0.1, -0.05) is 24.8 Å². The molecule has 2 saturated heterocycles. The molecule has 0 spiro atoms. The summed E-state index contributed by atoms with van der Waals surface area (Å²) in [4.78, 5) is 26.3. The third kappa shape index (κ3) is 3.05. The lowest BCUT2D eigenvalue weighted by molar-refractivity contribution is -0.139. The Morgan fingerprint density at radius 2 is 2.00 bits per heavy atom. The van der Waals surface area contributed by atoms with Gasteiger partial charge in [-0.05, 0) is 6.07 Å². The monoisotopic (exact) mass is 319 g/mol. The zero-order chi connectivity index (χ0) is 16.4. The maximum Gasteiger partial charge on any atom is 0.319 e. The summed E-state index contributed by atoms with van der Waals surface area (Å²) in [7, 11) is 0. The number of amides is 3. The molecule has 2 atom stereocenters. The third-order valence-electron chi connectivity index (χ3n) is 4.10. The van der Waals surface area contributed by atoms with Gasteiger partial charge in [0.25, 0.3) is 0 Å². The van der Waals surface area contributed by atoms with Crippen LogP contribution in [0.3, 0.4) is 0 Å². The number of nitrogens with zero attached hydrogens (tertiary/aromatic N) is 1. The first-order valence-corrected chi connectivity index (χ1v) is 7.45. The molecule has 7 heteroatoms. The van der Waals surface area contributed by atoms with Crippen molar-refractivity contribution in [2.75, 3.05) is 26.3 Å². The maximum atomic E-state index is 14.2. The summed E-state index contributed by atoms with van der Waals surface area (Å²) in [5, 5.41) is 5.17. The van der Waals surface area contributed by atoms with E-state index in [1.165, 1.54) is 6.07 Å². The van der Waals surface area contributed by atoms with Gasteiger partial charge in [-0.2, -0.15) is 0 Å². The molecule has 2 heterocycles. The van der Waals surface area contributed by atoms with Crippen molar-refractivity contribution < 1.29 is 18.7 Å². The Labute approximate surface area is 133 Å². The largest absolute Gasteiger partial charge is 0.378 e. The number of carbonyl (C=O) groups excluding carboxylic acids is 2. The summed E-state index contributed by atoms with van der Waals surface area (Å²) in [5.74, 6) is -1.42.